The summed E-state index contributed by atoms with van der Waals surface area (Å²) in [6.07, 6.45) is 0. The number of alkyl halides is 3. The molecule has 0 bridgehead atoms. The quantitative estimate of drug-likeness (QED) is 0.124. The molecule has 1 N–H and O–H groups in total. The lowest BCUT2D eigenvalue weighted by Gasteiger charge is -2.13. The molecule has 0 unspecified atom stereocenters. The molecular formula is C29H17Cl2F3O4S. The maximum atomic E-state index is 12.6. The molecule has 0 atom stereocenters. The minimum Gasteiger partial charge on any atom is -0.507 e. The van der Waals surface area contributed by atoms with Crippen LogP contribution in [-0.4, -0.2) is 19.0 Å². The van der Waals surface area contributed by atoms with Crippen LogP contribution in [0.5, 0.6) is 11.5 Å². The van der Waals surface area contributed by atoms with Crippen molar-refractivity contribution < 1.29 is 30.9 Å². The Kier molecular flexibility index (Phi) is 6.97. The van der Waals surface area contributed by atoms with Crippen LogP contribution in [-0.2, 0) is 10.1 Å². The number of hydrogen-bond donors (Lipinski definition) is 1. The monoisotopic (exact) mass is 588 g/mol. The third kappa shape index (κ3) is 5.28. The van der Waals surface area contributed by atoms with E-state index in [0.717, 1.165) is 26.9 Å². The smallest absolute Gasteiger partial charge is 0.507 e. The largest absolute Gasteiger partial charge is 0.534 e. The molecule has 6 aromatic carbocycles. The van der Waals surface area contributed by atoms with Crippen molar-refractivity contribution in [3.63, 3.8) is 0 Å². The first-order chi connectivity index (χ1) is 18.4. The molecule has 0 heterocycles. The van der Waals surface area contributed by atoms with Gasteiger partial charge in [0.15, 0.2) is 5.75 Å². The highest BCUT2D eigenvalue weighted by molar-refractivity contribution is 7.88. The van der Waals surface area contributed by atoms with Gasteiger partial charge in [0.25, 0.3) is 0 Å². The van der Waals surface area contributed by atoms with Crippen LogP contribution >= 0.6 is 23.2 Å². The molecule has 0 saturated carbocycles. The van der Waals surface area contributed by atoms with E-state index in [1.54, 1.807) is 36.4 Å². The van der Waals surface area contributed by atoms with Gasteiger partial charge in [0.1, 0.15) is 5.75 Å². The second-order valence-corrected chi connectivity index (χ2v) is 11.0. The SMILES string of the molecule is O=S(=O)(Oc1cc2cc(Cl)ccc2c2ccccc12)C(F)(F)F.Oc1cc2cc(Cl)ccc2c2ccccc12. The van der Waals surface area contributed by atoms with Crippen LogP contribution in [0, 0.1) is 0 Å². The number of hydrogen-bond acceptors (Lipinski definition) is 4. The van der Waals surface area contributed by atoms with Crippen molar-refractivity contribution in [3.8, 4) is 11.5 Å². The van der Waals surface area contributed by atoms with Crippen LogP contribution in [0.15, 0.2) is 97.1 Å². The zero-order chi connectivity index (χ0) is 27.9. The van der Waals surface area contributed by atoms with Gasteiger partial charge in [-0.2, -0.15) is 21.6 Å². The molecule has 6 rings (SSSR count). The third-order valence-electron chi connectivity index (χ3n) is 6.06. The van der Waals surface area contributed by atoms with Crippen molar-refractivity contribution in [1.82, 2.24) is 0 Å². The Morgan fingerprint density at radius 2 is 1.08 bits per heavy atom. The number of fused-ring (bicyclic) bond motifs is 6. The van der Waals surface area contributed by atoms with Crippen LogP contribution in [0.3, 0.4) is 0 Å². The zero-order valence-corrected chi connectivity index (χ0v) is 22.0. The Bertz CT molecular complexity index is 1990. The number of halogens is 5. The number of aromatic hydroxyl groups is 1. The van der Waals surface area contributed by atoms with Crippen LogP contribution in [0.25, 0.3) is 43.1 Å². The summed E-state index contributed by atoms with van der Waals surface area (Å²) in [5.41, 5.74) is -5.50. The van der Waals surface area contributed by atoms with Crippen molar-refractivity contribution in [2.75, 3.05) is 0 Å². The summed E-state index contributed by atoms with van der Waals surface area (Å²) < 4.78 is 64.6. The predicted molar refractivity (Wildman–Crippen MR) is 150 cm³/mol. The second kappa shape index (κ2) is 10.1. The average molecular weight is 589 g/mol. The Labute approximate surface area is 230 Å². The van der Waals surface area contributed by atoms with E-state index >= 15 is 0 Å². The molecule has 6 aromatic rings. The number of rotatable bonds is 2. The molecular weight excluding hydrogens is 572 g/mol. The minimum atomic E-state index is -5.75. The average Bonchev–Trinajstić information content (AvgIpc) is 2.88. The zero-order valence-electron chi connectivity index (χ0n) is 19.7. The maximum absolute atomic E-state index is 12.6. The maximum Gasteiger partial charge on any atom is 0.534 e. The van der Waals surface area contributed by atoms with E-state index in [1.165, 1.54) is 18.2 Å². The van der Waals surface area contributed by atoms with Crippen molar-refractivity contribution in [1.29, 1.82) is 0 Å². The molecule has 0 fully saturated rings. The summed E-state index contributed by atoms with van der Waals surface area (Å²) >= 11 is 11.8. The Balaban J connectivity index is 0.000000168. The van der Waals surface area contributed by atoms with Gasteiger partial charge < -0.3 is 9.29 Å². The van der Waals surface area contributed by atoms with Crippen molar-refractivity contribution in [2.24, 2.45) is 0 Å². The molecule has 0 aliphatic carbocycles. The lowest BCUT2D eigenvalue weighted by atomic mass is 10.0. The molecule has 4 nitrogen and oxygen atoms in total. The van der Waals surface area contributed by atoms with E-state index in [-0.39, 0.29) is 5.39 Å². The summed E-state index contributed by atoms with van der Waals surface area (Å²) in [6.45, 7) is 0. The van der Waals surface area contributed by atoms with Crippen LogP contribution in [0.4, 0.5) is 13.2 Å². The first-order valence-corrected chi connectivity index (χ1v) is 13.5. The highest BCUT2D eigenvalue weighted by Crippen LogP contribution is 2.37. The fourth-order valence-corrected chi connectivity index (χ4v) is 5.18. The van der Waals surface area contributed by atoms with Gasteiger partial charge in [0.2, 0.25) is 0 Å². The summed E-state index contributed by atoms with van der Waals surface area (Å²) in [5.74, 6) is -0.0990. The Morgan fingerprint density at radius 3 is 1.62 bits per heavy atom. The van der Waals surface area contributed by atoms with Crippen molar-refractivity contribution >= 4 is 76.4 Å². The molecule has 198 valence electrons. The highest BCUT2D eigenvalue weighted by Gasteiger charge is 2.48. The molecule has 0 aromatic heterocycles. The third-order valence-corrected chi connectivity index (χ3v) is 7.50. The van der Waals surface area contributed by atoms with Gasteiger partial charge in [-0.1, -0.05) is 83.9 Å². The fraction of sp³-hybridized carbons (Fsp3) is 0.0345. The van der Waals surface area contributed by atoms with Gasteiger partial charge in [-0.05, 0) is 68.7 Å². The topological polar surface area (TPSA) is 63.6 Å². The highest BCUT2D eigenvalue weighted by atomic mass is 35.5. The van der Waals surface area contributed by atoms with E-state index in [1.807, 2.05) is 42.5 Å². The molecule has 0 saturated heterocycles. The summed E-state index contributed by atoms with van der Waals surface area (Å²) in [6, 6.07) is 27.8. The first kappa shape index (κ1) is 26.9. The van der Waals surface area contributed by atoms with E-state index in [9.17, 15) is 26.7 Å². The second-order valence-electron chi connectivity index (χ2n) is 8.58. The lowest BCUT2D eigenvalue weighted by molar-refractivity contribution is -0.0499. The van der Waals surface area contributed by atoms with Gasteiger partial charge in [-0.15, -0.1) is 0 Å². The van der Waals surface area contributed by atoms with Crippen LogP contribution in [0.2, 0.25) is 10.0 Å². The van der Waals surface area contributed by atoms with Gasteiger partial charge in [-0.3, -0.25) is 0 Å². The lowest BCUT2D eigenvalue weighted by Crippen LogP contribution is -2.28. The Hall–Kier alpha value is -3.72. The molecule has 39 heavy (non-hydrogen) atoms. The first-order valence-electron chi connectivity index (χ1n) is 11.4. The normalized spacial score (nSPS) is 12.0. The van der Waals surface area contributed by atoms with Gasteiger partial charge in [0, 0.05) is 20.8 Å². The van der Waals surface area contributed by atoms with Gasteiger partial charge in [0.05, 0.1) is 0 Å². The van der Waals surface area contributed by atoms with Gasteiger partial charge in [-0.25, -0.2) is 0 Å². The molecule has 0 radical (unpaired) electrons. The number of phenolic OH excluding ortho intramolecular Hbond substituents is 1. The molecule has 0 aliphatic heterocycles. The summed E-state index contributed by atoms with van der Waals surface area (Å²) in [5, 5.41) is 17.0. The van der Waals surface area contributed by atoms with E-state index in [2.05, 4.69) is 4.18 Å². The summed E-state index contributed by atoms with van der Waals surface area (Å²) in [4.78, 5) is 0. The van der Waals surface area contributed by atoms with Crippen LogP contribution < -0.4 is 4.18 Å². The Morgan fingerprint density at radius 1 is 0.615 bits per heavy atom. The summed E-state index contributed by atoms with van der Waals surface area (Å²) in [7, 11) is -5.75. The number of benzene rings is 6. The van der Waals surface area contributed by atoms with E-state index < -0.39 is 21.4 Å². The van der Waals surface area contributed by atoms with E-state index in [0.29, 0.717) is 26.6 Å². The molecule has 0 amide bonds. The van der Waals surface area contributed by atoms with Crippen molar-refractivity contribution in [2.45, 2.75) is 5.51 Å². The molecule has 0 aliphatic rings. The van der Waals surface area contributed by atoms with Gasteiger partial charge >= 0.3 is 15.6 Å². The minimum absolute atomic E-state index is 0.259. The molecule has 0 spiro atoms. The molecule has 10 heteroatoms. The van der Waals surface area contributed by atoms with E-state index in [4.69, 9.17) is 23.2 Å². The standard InChI is InChI=1S/C15H8ClF3O3S.C14H9ClO/c16-10-5-6-11-9(7-10)8-14(13-4-2-1-3-12(11)13)22-23(20,21)15(17,18)19;15-10-5-6-11-9(7-10)8-14(16)13-4-2-1-3-12(11)13/h1-8H;1-8,16H. The van der Waals surface area contributed by atoms with Crippen molar-refractivity contribution in [3.05, 3.63) is 107 Å². The van der Waals surface area contributed by atoms with Crippen LogP contribution in [0.1, 0.15) is 0 Å². The fourth-order valence-electron chi connectivity index (χ4n) is 4.35. The number of phenols is 1. The predicted octanol–water partition coefficient (Wildman–Crippen LogP) is 9.23.